The van der Waals surface area contributed by atoms with Gasteiger partial charge in [-0.3, -0.25) is 14.4 Å². The minimum atomic E-state index is -2.77. The lowest BCUT2D eigenvalue weighted by Gasteiger charge is -2.35. The van der Waals surface area contributed by atoms with Crippen molar-refractivity contribution in [1.82, 2.24) is 65.7 Å². The standard InChI is InChI=1S/C30H37Cl2N7O4.C28H30Cl2F2N6O4.C27H28Cl2F2N6O4/c1-5-24(40)35-19-8-11-43-16-21(19)37-30-34-15-18-12-20(25-26(31)22(41-3)13-23(42-4)27(25)32)36-29(28(18)38-30)33-14-17-6-9-39(2)10-7-17;1-4-21(39)35-16-6-8-42-13-18(16)37-27-33-12-14-9-17(22-23(29)19(40-2)10-20(41-3)24(22)30)36-26(25(14)38-27)34-15-5-7-28(31,32)11-15;1-4-20(38)34-15-5-6-41-12-17(15)36-26-32-11-13-7-16(21-22(28)18(39-2)8-19(40-3)23(21)29)35-25(24(13)37-26)33-14-9-27(30,31)10-14/h5,12-13,15,17,19,21H,1,6-11,14,16H2,2-4H3,(H,33,36)(H,35,40)(H,34,37,38);4,9-10,12,15-16,18H,1,5-8,11,13H2,2-3H3,(H,34,36)(H,35,39)(H,33,37,38);4,7-8,11,14-15,17H,1,5-6,9-10,12H2,2-3H3,(H,33,35)(H,34,38)(H,32,36,37)/t19-,21+;15?,16-,18+;15-,17+/m000/s1. The zero-order valence-corrected chi connectivity index (χ0v) is 74.4. The lowest BCUT2D eigenvalue weighted by molar-refractivity contribution is -0.118. The minimum absolute atomic E-state index is 0.159. The van der Waals surface area contributed by atoms with E-state index in [9.17, 15) is 31.9 Å². The number of carbonyl (C=O) groups is 3. The van der Waals surface area contributed by atoms with Gasteiger partial charge in [-0.15, -0.1) is 0 Å². The maximum atomic E-state index is 14.1. The third kappa shape index (κ3) is 22.1. The maximum absolute atomic E-state index is 14.1. The lowest BCUT2D eigenvalue weighted by atomic mass is 9.88. The predicted molar refractivity (Wildman–Crippen MR) is 479 cm³/mol. The Bertz CT molecular complexity index is 5450. The van der Waals surface area contributed by atoms with Gasteiger partial charge in [-0.1, -0.05) is 89.3 Å². The summed E-state index contributed by atoms with van der Waals surface area (Å²) < 4.78 is 105. The second-order valence-corrected chi connectivity index (χ2v) is 33.1. The SMILES string of the molecule is C=CC(=O)N[C@H]1CCOC[C@H]1Nc1ncc2cc(-c3c(Cl)c(OC)cc(OC)c3Cl)nc(NC3CC(F)(F)C3)c2n1.C=CC(=O)N[C@H]1CCOC[C@H]1Nc1ncc2cc(-c3c(Cl)c(OC)cc(OC)c3Cl)nc(NC3CCC(F)(F)C3)c2n1.C=CC(=O)N[C@H]1CCOC[C@H]1Nc1ncc2cc(-c3c(Cl)c(OC)cc(OC)c3Cl)nc(NCC3CCN(C)CC3)c2n1. The van der Waals surface area contributed by atoms with Crippen LogP contribution in [0.3, 0.4) is 0 Å². The highest BCUT2D eigenvalue weighted by atomic mass is 35.5. The number of fused-ring (bicyclic) bond motifs is 3. The Kier molecular flexibility index (Phi) is 30.8. The van der Waals surface area contributed by atoms with Gasteiger partial charge >= 0.3 is 0 Å². The Morgan fingerprint density at radius 3 is 1.06 bits per heavy atom. The molecular formula is C85H95Cl6F4N19O12. The summed E-state index contributed by atoms with van der Waals surface area (Å²) in [7, 11) is 11.1. The number of ether oxygens (including phenoxy) is 9. The zero-order valence-electron chi connectivity index (χ0n) is 69.8. The summed E-state index contributed by atoms with van der Waals surface area (Å²) in [5, 5.41) is 31.7. The molecule has 0 radical (unpaired) electrons. The molecule has 10 heterocycles. The highest BCUT2D eigenvalue weighted by Gasteiger charge is 2.46. The van der Waals surface area contributed by atoms with Crippen molar-refractivity contribution in [2.24, 2.45) is 5.92 Å². The van der Waals surface area contributed by atoms with Gasteiger partial charge in [-0.2, -0.15) is 0 Å². The summed E-state index contributed by atoms with van der Waals surface area (Å²) in [6.45, 7) is 16.0. The number of likely N-dealkylation sites (tertiary alicyclic amines) is 1. The summed E-state index contributed by atoms with van der Waals surface area (Å²) in [6.07, 6.45) is 11.6. The fraction of sp³-hybridized carbons (Fsp3) is 0.435. The maximum Gasteiger partial charge on any atom is 0.252 e. The number of piperidine rings is 1. The van der Waals surface area contributed by atoms with E-state index in [0.29, 0.717) is 182 Å². The van der Waals surface area contributed by atoms with Crippen LogP contribution in [0.4, 0.5) is 52.9 Å². The molecular weight excluding hydrogens is 1770 g/mol. The van der Waals surface area contributed by atoms with Crippen molar-refractivity contribution in [2.45, 2.75) is 124 Å². The van der Waals surface area contributed by atoms with Crippen molar-refractivity contribution in [3.05, 3.63) is 123 Å². The first-order valence-corrected chi connectivity index (χ1v) is 42.7. The highest BCUT2D eigenvalue weighted by molar-refractivity contribution is 6.42. The average Bonchev–Trinajstić information content (AvgIpc) is 1.57. The summed E-state index contributed by atoms with van der Waals surface area (Å²) in [5.41, 5.74) is 3.83. The molecule has 126 heavy (non-hydrogen) atoms. The first-order valence-electron chi connectivity index (χ1n) is 40.4. The Morgan fingerprint density at radius 1 is 0.437 bits per heavy atom. The Balaban J connectivity index is 0.000000162. The van der Waals surface area contributed by atoms with Crippen LogP contribution in [0.15, 0.2) is 93.0 Å². The van der Waals surface area contributed by atoms with E-state index in [1.807, 2.05) is 6.07 Å². The summed E-state index contributed by atoms with van der Waals surface area (Å²) >= 11 is 40.2. The third-order valence-electron chi connectivity index (χ3n) is 22.3. The fourth-order valence-electron chi connectivity index (χ4n) is 15.5. The molecule has 3 amide bonds. The smallest absolute Gasteiger partial charge is 0.252 e. The van der Waals surface area contributed by atoms with E-state index in [1.165, 1.54) is 60.9 Å². The molecule has 6 fully saturated rings. The van der Waals surface area contributed by atoms with Gasteiger partial charge in [0.05, 0.1) is 146 Å². The highest BCUT2D eigenvalue weighted by Crippen LogP contribution is 2.51. The van der Waals surface area contributed by atoms with Crippen molar-refractivity contribution < 1.29 is 74.6 Å². The van der Waals surface area contributed by atoms with Crippen LogP contribution in [-0.2, 0) is 28.6 Å². The molecule has 672 valence electrons. The van der Waals surface area contributed by atoms with Gasteiger partial charge < -0.3 is 95.4 Å². The largest absolute Gasteiger partial charge is 0.495 e. The molecule has 3 aromatic carbocycles. The number of rotatable bonds is 28. The number of aromatic nitrogens is 9. The van der Waals surface area contributed by atoms with Crippen molar-refractivity contribution in [3.63, 3.8) is 0 Å². The summed E-state index contributed by atoms with van der Waals surface area (Å²) in [5.74, 6) is -1.71. The molecule has 41 heteroatoms. The van der Waals surface area contributed by atoms with Crippen LogP contribution < -0.4 is 76.3 Å². The van der Waals surface area contributed by atoms with E-state index in [4.69, 9.17) is 137 Å². The van der Waals surface area contributed by atoms with Crippen molar-refractivity contribution >= 4 is 155 Å². The van der Waals surface area contributed by atoms with Crippen LogP contribution in [0.1, 0.15) is 64.2 Å². The summed E-state index contributed by atoms with van der Waals surface area (Å²) in [6, 6.07) is 7.48. The number of hydrogen-bond acceptors (Lipinski definition) is 28. The van der Waals surface area contributed by atoms with Gasteiger partial charge in [-0.25, -0.2) is 62.4 Å². The summed E-state index contributed by atoms with van der Waals surface area (Å²) in [4.78, 5) is 80.4. The molecule has 9 aromatic rings. The normalized spacial score (nSPS) is 20.4. The number of amides is 3. The van der Waals surface area contributed by atoms with E-state index in [0.717, 1.165) is 37.9 Å². The topological polar surface area (TPSA) is 362 Å². The first kappa shape index (κ1) is 93.3. The number of hydrogen-bond donors (Lipinski definition) is 9. The van der Waals surface area contributed by atoms with Gasteiger partial charge in [0.2, 0.25) is 41.5 Å². The molecule has 4 saturated heterocycles. The fourth-order valence-corrected chi connectivity index (χ4v) is 17.6. The van der Waals surface area contributed by atoms with E-state index < -0.39 is 23.9 Å². The van der Waals surface area contributed by atoms with Crippen LogP contribution in [0.25, 0.3) is 66.5 Å². The number of alkyl halides is 4. The molecule has 7 atom stereocenters. The molecule has 2 aliphatic carbocycles. The number of nitrogens with one attached hydrogen (secondary N) is 9. The molecule has 15 rings (SSSR count). The molecule has 0 spiro atoms. The first-order chi connectivity index (χ1) is 60.5. The van der Waals surface area contributed by atoms with E-state index in [1.54, 1.807) is 48.9 Å². The number of benzene rings is 3. The number of pyridine rings is 3. The number of methoxy groups -OCH3 is 6. The van der Waals surface area contributed by atoms with Crippen molar-refractivity contribution in [2.75, 3.05) is 141 Å². The second-order valence-electron chi connectivity index (χ2n) is 30.8. The van der Waals surface area contributed by atoms with Gasteiger partial charge in [0.25, 0.3) is 5.92 Å². The van der Waals surface area contributed by atoms with Gasteiger partial charge in [0.15, 0.2) is 17.5 Å². The van der Waals surface area contributed by atoms with Gasteiger partial charge in [0.1, 0.15) is 51.0 Å². The number of carbonyl (C=O) groups excluding carboxylic acids is 3. The molecule has 31 nitrogen and oxygen atoms in total. The number of halogens is 10. The minimum Gasteiger partial charge on any atom is -0.495 e. The molecule has 2 saturated carbocycles. The van der Waals surface area contributed by atoms with Crippen LogP contribution >= 0.6 is 69.6 Å². The quantitative estimate of drug-likeness (QED) is 0.0162. The Morgan fingerprint density at radius 2 is 0.754 bits per heavy atom. The van der Waals surface area contributed by atoms with E-state index >= 15 is 0 Å². The van der Waals surface area contributed by atoms with Crippen LogP contribution in [0.5, 0.6) is 34.5 Å². The Labute approximate surface area is 753 Å². The number of nitrogens with zero attached hydrogens (tertiary/aromatic N) is 10. The molecule has 1 unspecified atom stereocenters. The van der Waals surface area contributed by atoms with E-state index in [2.05, 4.69) is 99.5 Å². The van der Waals surface area contributed by atoms with E-state index in [-0.39, 0.29) is 130 Å². The second kappa shape index (κ2) is 41.6. The van der Waals surface area contributed by atoms with Crippen LogP contribution in [0, 0.1) is 5.92 Å². The van der Waals surface area contributed by atoms with Gasteiger partial charge in [0, 0.05) is 134 Å². The molecule has 0 bridgehead atoms. The zero-order chi connectivity index (χ0) is 89.8. The van der Waals surface area contributed by atoms with Crippen molar-refractivity contribution in [1.29, 1.82) is 0 Å². The molecule has 6 aromatic heterocycles. The predicted octanol–water partition coefficient (Wildman–Crippen LogP) is 15.2. The van der Waals surface area contributed by atoms with Gasteiger partial charge in [-0.05, 0) is 101 Å². The van der Waals surface area contributed by atoms with Crippen LogP contribution in [0.2, 0.25) is 30.1 Å². The monoisotopic (exact) mass is 1860 g/mol. The Hall–Kier alpha value is -10.3. The molecule has 9 N–H and O–H groups in total. The molecule has 4 aliphatic heterocycles. The third-order valence-corrected chi connectivity index (χ3v) is 24.6. The molecule has 6 aliphatic rings. The van der Waals surface area contributed by atoms with Crippen LogP contribution in [-0.4, -0.2) is 237 Å². The van der Waals surface area contributed by atoms with Crippen molar-refractivity contribution in [3.8, 4) is 68.3 Å². The average molecular weight is 1860 g/mol. The lowest BCUT2D eigenvalue weighted by Crippen LogP contribution is -2.52. The number of anilines is 6.